The number of amides is 1. The minimum absolute atomic E-state index is 0.0506. The van der Waals surface area contributed by atoms with Crippen molar-refractivity contribution in [3.8, 4) is 0 Å². The molecule has 4 nitrogen and oxygen atoms in total. The Hall–Kier alpha value is -0.710. The van der Waals surface area contributed by atoms with E-state index in [4.69, 9.17) is 5.11 Å². The summed E-state index contributed by atoms with van der Waals surface area (Å²) >= 11 is 1.91. The van der Waals surface area contributed by atoms with Crippen molar-refractivity contribution in [1.29, 1.82) is 0 Å². The first-order valence-electron chi connectivity index (χ1n) is 6.78. The summed E-state index contributed by atoms with van der Waals surface area (Å²) in [5, 5.41) is 9.17. The number of thioether (sulfide) groups is 1. The van der Waals surface area contributed by atoms with E-state index in [1.165, 1.54) is 12.2 Å². The highest BCUT2D eigenvalue weighted by Gasteiger charge is 2.32. The summed E-state index contributed by atoms with van der Waals surface area (Å²) in [7, 11) is 0. The van der Waals surface area contributed by atoms with E-state index in [1.54, 1.807) is 4.90 Å². The van der Waals surface area contributed by atoms with Gasteiger partial charge in [0.25, 0.3) is 0 Å². The summed E-state index contributed by atoms with van der Waals surface area (Å²) in [5.41, 5.74) is 0. The lowest BCUT2D eigenvalue weighted by atomic mass is 9.97. The fourth-order valence-electron chi connectivity index (χ4n) is 2.82. The Morgan fingerprint density at radius 3 is 2.72 bits per heavy atom. The van der Waals surface area contributed by atoms with Gasteiger partial charge in [0.05, 0.1) is 0 Å². The summed E-state index contributed by atoms with van der Waals surface area (Å²) in [4.78, 5) is 25.0. The third-order valence-corrected chi connectivity index (χ3v) is 5.11. The third kappa shape index (κ3) is 3.40. The Balaban J connectivity index is 1.91. The second-order valence-corrected chi connectivity index (χ2v) is 6.37. The van der Waals surface area contributed by atoms with Crippen LogP contribution < -0.4 is 0 Å². The molecule has 0 bridgehead atoms. The molecule has 2 fully saturated rings. The Bertz CT molecular complexity index is 315. The molecule has 5 heteroatoms. The molecule has 0 radical (unpaired) electrons. The van der Waals surface area contributed by atoms with Crippen LogP contribution in [0.25, 0.3) is 0 Å². The normalized spacial score (nSPS) is 29.0. The molecule has 2 aliphatic heterocycles. The average Bonchev–Trinajstić information content (AvgIpc) is 2.40. The lowest BCUT2D eigenvalue weighted by molar-refractivity contribution is -0.152. The molecule has 2 atom stereocenters. The summed E-state index contributed by atoms with van der Waals surface area (Å²) in [5.74, 6) is 1.91. The fourth-order valence-corrected chi connectivity index (χ4v) is 3.97. The third-order valence-electron chi connectivity index (χ3n) is 3.83. The van der Waals surface area contributed by atoms with Crippen LogP contribution in [0.4, 0.5) is 0 Å². The molecule has 2 unspecified atom stereocenters. The molecule has 0 aromatic carbocycles. The topological polar surface area (TPSA) is 57.6 Å². The first-order valence-corrected chi connectivity index (χ1v) is 7.94. The van der Waals surface area contributed by atoms with Gasteiger partial charge in [-0.1, -0.05) is 0 Å². The zero-order valence-electron chi connectivity index (χ0n) is 10.6. The molecule has 2 heterocycles. The predicted octanol–water partition coefficient (Wildman–Crippen LogP) is 1.99. The summed E-state index contributed by atoms with van der Waals surface area (Å²) in [6, 6.07) is -0.581. The van der Waals surface area contributed by atoms with E-state index < -0.39 is 12.0 Å². The van der Waals surface area contributed by atoms with Crippen molar-refractivity contribution in [3.63, 3.8) is 0 Å². The maximum atomic E-state index is 12.2. The van der Waals surface area contributed by atoms with Gasteiger partial charge in [0.15, 0.2) is 0 Å². The summed E-state index contributed by atoms with van der Waals surface area (Å²) in [6.45, 7) is 0.621. The van der Waals surface area contributed by atoms with E-state index in [-0.39, 0.29) is 5.91 Å². The van der Waals surface area contributed by atoms with Crippen LogP contribution in [0.2, 0.25) is 0 Å². The average molecular weight is 271 g/mol. The first kappa shape index (κ1) is 13.7. The minimum Gasteiger partial charge on any atom is -0.480 e. The molecule has 1 N–H and O–H groups in total. The first-order chi connectivity index (χ1) is 8.68. The second kappa shape index (κ2) is 6.45. The summed E-state index contributed by atoms with van der Waals surface area (Å²) in [6.07, 6.45) is 5.31. The quantitative estimate of drug-likeness (QED) is 0.853. The molecule has 0 aliphatic carbocycles. The lowest BCUT2D eigenvalue weighted by Crippen LogP contribution is -2.48. The van der Waals surface area contributed by atoms with Crippen LogP contribution in [0.1, 0.15) is 38.5 Å². The zero-order chi connectivity index (χ0) is 13.0. The number of carbonyl (C=O) groups excluding carboxylic acids is 1. The highest BCUT2D eigenvalue weighted by atomic mass is 32.2. The van der Waals surface area contributed by atoms with E-state index in [1.807, 2.05) is 11.8 Å². The number of aliphatic carboxylic acids is 1. The Morgan fingerprint density at radius 1 is 1.22 bits per heavy atom. The van der Waals surface area contributed by atoms with Gasteiger partial charge in [0, 0.05) is 13.0 Å². The highest BCUT2D eigenvalue weighted by Crippen LogP contribution is 2.27. The zero-order valence-corrected chi connectivity index (χ0v) is 11.5. The number of hydrogen-bond acceptors (Lipinski definition) is 3. The van der Waals surface area contributed by atoms with Crippen LogP contribution in [0, 0.1) is 5.92 Å². The molecule has 1 amide bonds. The van der Waals surface area contributed by atoms with Crippen molar-refractivity contribution in [2.24, 2.45) is 5.92 Å². The highest BCUT2D eigenvalue weighted by molar-refractivity contribution is 7.99. The number of rotatable bonds is 3. The second-order valence-electron chi connectivity index (χ2n) is 5.22. The number of piperidine rings is 1. The molecule has 18 heavy (non-hydrogen) atoms. The van der Waals surface area contributed by atoms with Crippen molar-refractivity contribution in [1.82, 2.24) is 4.90 Å². The van der Waals surface area contributed by atoms with Crippen molar-refractivity contribution < 1.29 is 14.7 Å². The molecule has 2 saturated heterocycles. The van der Waals surface area contributed by atoms with Crippen molar-refractivity contribution >= 4 is 23.6 Å². The van der Waals surface area contributed by atoms with Crippen molar-refractivity contribution in [2.45, 2.75) is 44.6 Å². The SMILES string of the molecule is O=C(O)C1CCCCN1C(=O)CC1CCCSC1. The fraction of sp³-hybridized carbons (Fsp3) is 0.846. The Kier molecular flexibility index (Phi) is 4.92. The van der Waals surface area contributed by atoms with Gasteiger partial charge in [-0.2, -0.15) is 11.8 Å². The minimum atomic E-state index is -0.846. The van der Waals surface area contributed by atoms with E-state index in [0.29, 0.717) is 25.3 Å². The number of hydrogen-bond donors (Lipinski definition) is 1. The van der Waals surface area contributed by atoms with Gasteiger partial charge in [-0.25, -0.2) is 4.79 Å². The van der Waals surface area contributed by atoms with Gasteiger partial charge < -0.3 is 10.0 Å². The Labute approximate surface area is 112 Å². The van der Waals surface area contributed by atoms with Gasteiger partial charge in [-0.3, -0.25) is 4.79 Å². The largest absolute Gasteiger partial charge is 0.480 e. The molecule has 0 saturated carbocycles. The van der Waals surface area contributed by atoms with E-state index in [9.17, 15) is 9.59 Å². The van der Waals surface area contributed by atoms with Crippen molar-refractivity contribution in [3.05, 3.63) is 0 Å². The van der Waals surface area contributed by atoms with E-state index in [2.05, 4.69) is 0 Å². The maximum absolute atomic E-state index is 12.2. The van der Waals surface area contributed by atoms with Crippen LogP contribution in [0.3, 0.4) is 0 Å². The molecular formula is C13H21NO3S. The number of carboxylic acid groups (broad SMARTS) is 1. The number of carboxylic acids is 1. The maximum Gasteiger partial charge on any atom is 0.326 e. The molecule has 0 aromatic rings. The lowest BCUT2D eigenvalue weighted by Gasteiger charge is -2.34. The van der Waals surface area contributed by atoms with E-state index >= 15 is 0 Å². The molecule has 2 aliphatic rings. The number of likely N-dealkylation sites (tertiary alicyclic amines) is 1. The number of nitrogens with zero attached hydrogens (tertiary/aromatic N) is 1. The van der Waals surface area contributed by atoms with E-state index in [0.717, 1.165) is 25.0 Å². The monoisotopic (exact) mass is 271 g/mol. The van der Waals surface area contributed by atoms with Crippen LogP contribution >= 0.6 is 11.8 Å². The van der Waals surface area contributed by atoms with Crippen LogP contribution in [0.15, 0.2) is 0 Å². The molecular weight excluding hydrogens is 250 g/mol. The smallest absolute Gasteiger partial charge is 0.326 e. The number of carbonyl (C=O) groups is 2. The van der Waals surface area contributed by atoms with Crippen LogP contribution in [-0.2, 0) is 9.59 Å². The predicted molar refractivity (Wildman–Crippen MR) is 71.7 cm³/mol. The molecule has 0 spiro atoms. The van der Waals surface area contributed by atoms with Gasteiger partial charge in [-0.15, -0.1) is 0 Å². The van der Waals surface area contributed by atoms with Gasteiger partial charge in [-0.05, 0) is 49.5 Å². The van der Waals surface area contributed by atoms with Gasteiger partial charge in [0.2, 0.25) is 5.91 Å². The molecule has 2 rings (SSSR count). The Morgan fingerprint density at radius 2 is 2.06 bits per heavy atom. The standard InChI is InChI=1S/C13H21NO3S/c15-12(8-10-4-3-7-18-9-10)14-6-2-1-5-11(14)13(16)17/h10-11H,1-9H2,(H,16,17). The summed E-state index contributed by atoms with van der Waals surface area (Å²) < 4.78 is 0. The van der Waals surface area contributed by atoms with Crippen LogP contribution in [-0.4, -0.2) is 46.0 Å². The molecule has 0 aromatic heterocycles. The molecule has 102 valence electrons. The van der Waals surface area contributed by atoms with Crippen molar-refractivity contribution in [2.75, 3.05) is 18.1 Å². The van der Waals surface area contributed by atoms with Crippen LogP contribution in [0.5, 0.6) is 0 Å². The van der Waals surface area contributed by atoms with Gasteiger partial charge >= 0.3 is 5.97 Å². The van der Waals surface area contributed by atoms with Gasteiger partial charge in [0.1, 0.15) is 6.04 Å².